The van der Waals surface area contributed by atoms with E-state index in [1.807, 2.05) is 0 Å². The SMILES string of the molecule is C1=C(COC2CCOCC2)CCNC1. The molecule has 2 aliphatic heterocycles. The van der Waals surface area contributed by atoms with Crippen molar-refractivity contribution in [3.8, 4) is 0 Å². The largest absolute Gasteiger partial charge is 0.381 e. The summed E-state index contributed by atoms with van der Waals surface area (Å²) in [4.78, 5) is 0. The van der Waals surface area contributed by atoms with E-state index in [0.717, 1.165) is 52.2 Å². The summed E-state index contributed by atoms with van der Waals surface area (Å²) in [7, 11) is 0. The van der Waals surface area contributed by atoms with Crippen molar-refractivity contribution in [3.05, 3.63) is 11.6 Å². The van der Waals surface area contributed by atoms with E-state index in [9.17, 15) is 0 Å². The Hall–Kier alpha value is -0.380. The second kappa shape index (κ2) is 5.49. The minimum Gasteiger partial charge on any atom is -0.381 e. The molecule has 1 saturated heterocycles. The van der Waals surface area contributed by atoms with Crippen LogP contribution in [-0.2, 0) is 9.47 Å². The van der Waals surface area contributed by atoms with Gasteiger partial charge < -0.3 is 14.8 Å². The molecule has 0 aromatic heterocycles. The third-order valence-corrected chi connectivity index (χ3v) is 2.83. The summed E-state index contributed by atoms with van der Waals surface area (Å²) < 4.78 is 11.1. The average molecular weight is 197 g/mol. The van der Waals surface area contributed by atoms with E-state index in [1.54, 1.807) is 0 Å². The molecule has 80 valence electrons. The summed E-state index contributed by atoms with van der Waals surface area (Å²) in [6, 6.07) is 0. The van der Waals surface area contributed by atoms with Crippen LogP contribution >= 0.6 is 0 Å². The maximum atomic E-state index is 5.85. The molecule has 1 N–H and O–H groups in total. The maximum absolute atomic E-state index is 5.85. The van der Waals surface area contributed by atoms with Crippen LogP contribution in [0.3, 0.4) is 0 Å². The van der Waals surface area contributed by atoms with E-state index in [4.69, 9.17) is 9.47 Å². The van der Waals surface area contributed by atoms with E-state index in [2.05, 4.69) is 11.4 Å². The van der Waals surface area contributed by atoms with Crippen LogP contribution < -0.4 is 5.32 Å². The second-order valence-electron chi connectivity index (χ2n) is 3.94. The van der Waals surface area contributed by atoms with Gasteiger partial charge in [-0.2, -0.15) is 0 Å². The fraction of sp³-hybridized carbons (Fsp3) is 0.818. The molecular formula is C11H19NO2. The number of hydrogen-bond donors (Lipinski definition) is 1. The van der Waals surface area contributed by atoms with Gasteiger partial charge in [0.2, 0.25) is 0 Å². The van der Waals surface area contributed by atoms with Crippen LogP contribution in [0.1, 0.15) is 19.3 Å². The predicted molar refractivity (Wildman–Crippen MR) is 55.4 cm³/mol. The van der Waals surface area contributed by atoms with Gasteiger partial charge in [-0.05, 0) is 31.4 Å². The molecular weight excluding hydrogens is 178 g/mol. The standard InChI is InChI=1S/C11H19NO2/c1-5-12-6-2-10(1)9-14-11-3-7-13-8-4-11/h1,11-12H,2-9H2. The molecule has 0 aliphatic carbocycles. The molecule has 0 bridgehead atoms. The first kappa shape index (κ1) is 10.1. The predicted octanol–water partition coefficient (Wildman–Crippen LogP) is 1.10. The highest BCUT2D eigenvalue weighted by molar-refractivity contribution is 5.07. The van der Waals surface area contributed by atoms with Gasteiger partial charge in [-0.1, -0.05) is 6.08 Å². The Kier molecular flexibility index (Phi) is 3.98. The van der Waals surface area contributed by atoms with Crippen LogP contribution in [0.2, 0.25) is 0 Å². The van der Waals surface area contributed by atoms with E-state index < -0.39 is 0 Å². The van der Waals surface area contributed by atoms with Crippen molar-refractivity contribution in [1.29, 1.82) is 0 Å². The fourth-order valence-corrected chi connectivity index (χ4v) is 1.87. The first-order valence-electron chi connectivity index (χ1n) is 5.53. The lowest BCUT2D eigenvalue weighted by atomic mass is 10.1. The normalized spacial score (nSPS) is 24.7. The van der Waals surface area contributed by atoms with Crippen LogP contribution in [-0.4, -0.2) is 39.0 Å². The zero-order valence-corrected chi connectivity index (χ0v) is 8.63. The summed E-state index contributed by atoms with van der Waals surface area (Å²) in [5.41, 5.74) is 1.45. The van der Waals surface area contributed by atoms with Crippen molar-refractivity contribution in [2.24, 2.45) is 0 Å². The van der Waals surface area contributed by atoms with Gasteiger partial charge in [0.15, 0.2) is 0 Å². The van der Waals surface area contributed by atoms with Gasteiger partial charge in [-0.25, -0.2) is 0 Å². The van der Waals surface area contributed by atoms with Crippen molar-refractivity contribution in [2.75, 3.05) is 32.9 Å². The lowest BCUT2D eigenvalue weighted by molar-refractivity contribution is -0.0248. The lowest BCUT2D eigenvalue weighted by Crippen LogP contribution is -2.26. The zero-order valence-electron chi connectivity index (χ0n) is 8.63. The molecule has 3 heteroatoms. The first-order valence-corrected chi connectivity index (χ1v) is 5.53. The minimum atomic E-state index is 0.430. The monoisotopic (exact) mass is 197 g/mol. The summed E-state index contributed by atoms with van der Waals surface area (Å²) in [6.07, 6.45) is 5.95. The maximum Gasteiger partial charge on any atom is 0.0681 e. The highest BCUT2D eigenvalue weighted by atomic mass is 16.5. The molecule has 0 radical (unpaired) electrons. The molecule has 1 fully saturated rings. The van der Waals surface area contributed by atoms with Gasteiger partial charge in [0.25, 0.3) is 0 Å². The third-order valence-electron chi connectivity index (χ3n) is 2.83. The van der Waals surface area contributed by atoms with Gasteiger partial charge in [0, 0.05) is 19.8 Å². The molecule has 0 atom stereocenters. The van der Waals surface area contributed by atoms with Crippen molar-refractivity contribution < 1.29 is 9.47 Å². The summed E-state index contributed by atoms with van der Waals surface area (Å²) in [5, 5.41) is 3.30. The highest BCUT2D eigenvalue weighted by Gasteiger charge is 2.14. The Labute approximate surface area is 85.5 Å². The molecule has 0 unspecified atom stereocenters. The second-order valence-corrected chi connectivity index (χ2v) is 3.94. The molecule has 0 spiro atoms. The molecule has 3 nitrogen and oxygen atoms in total. The molecule has 0 amide bonds. The van der Waals surface area contributed by atoms with Crippen molar-refractivity contribution in [2.45, 2.75) is 25.4 Å². The molecule has 14 heavy (non-hydrogen) atoms. The van der Waals surface area contributed by atoms with Crippen LogP contribution in [0.25, 0.3) is 0 Å². The Morgan fingerprint density at radius 1 is 1.43 bits per heavy atom. The molecule has 0 aromatic rings. The quantitative estimate of drug-likeness (QED) is 0.687. The molecule has 2 rings (SSSR count). The highest BCUT2D eigenvalue weighted by Crippen LogP contribution is 2.13. The third kappa shape index (κ3) is 3.08. The molecule has 2 heterocycles. The topological polar surface area (TPSA) is 30.5 Å². The Morgan fingerprint density at radius 2 is 2.29 bits per heavy atom. The minimum absolute atomic E-state index is 0.430. The van der Waals surface area contributed by atoms with Crippen molar-refractivity contribution in [3.63, 3.8) is 0 Å². The van der Waals surface area contributed by atoms with Gasteiger partial charge in [0.05, 0.1) is 12.7 Å². The van der Waals surface area contributed by atoms with Crippen LogP contribution in [0.4, 0.5) is 0 Å². The van der Waals surface area contributed by atoms with Gasteiger partial charge in [0.1, 0.15) is 0 Å². The van der Waals surface area contributed by atoms with E-state index in [1.165, 1.54) is 5.57 Å². The zero-order chi connectivity index (χ0) is 9.64. The van der Waals surface area contributed by atoms with Crippen molar-refractivity contribution >= 4 is 0 Å². The Bertz CT molecular complexity index is 197. The van der Waals surface area contributed by atoms with Crippen molar-refractivity contribution in [1.82, 2.24) is 5.32 Å². The Balaban J connectivity index is 1.67. The summed E-state index contributed by atoms with van der Waals surface area (Å²) >= 11 is 0. The van der Waals surface area contributed by atoms with E-state index in [0.29, 0.717) is 6.10 Å². The average Bonchev–Trinajstić information content (AvgIpc) is 2.29. The number of rotatable bonds is 3. The van der Waals surface area contributed by atoms with Crippen LogP contribution in [0, 0.1) is 0 Å². The lowest BCUT2D eigenvalue weighted by Gasteiger charge is -2.23. The number of ether oxygens (including phenoxy) is 2. The van der Waals surface area contributed by atoms with Gasteiger partial charge in [-0.3, -0.25) is 0 Å². The molecule has 0 aromatic carbocycles. The van der Waals surface area contributed by atoms with Crippen LogP contribution in [0.5, 0.6) is 0 Å². The van der Waals surface area contributed by atoms with Gasteiger partial charge in [-0.15, -0.1) is 0 Å². The number of hydrogen-bond acceptors (Lipinski definition) is 3. The molecule has 2 aliphatic rings. The van der Waals surface area contributed by atoms with Crippen LogP contribution in [0.15, 0.2) is 11.6 Å². The first-order chi connectivity index (χ1) is 6.95. The number of nitrogens with one attached hydrogen (secondary N) is 1. The molecule has 0 saturated carbocycles. The fourth-order valence-electron chi connectivity index (χ4n) is 1.87. The summed E-state index contributed by atoms with van der Waals surface area (Å²) in [5.74, 6) is 0. The van der Waals surface area contributed by atoms with Gasteiger partial charge >= 0.3 is 0 Å². The Morgan fingerprint density at radius 3 is 3.00 bits per heavy atom. The van der Waals surface area contributed by atoms with E-state index in [-0.39, 0.29) is 0 Å². The smallest absolute Gasteiger partial charge is 0.0681 e. The summed E-state index contributed by atoms with van der Waals surface area (Å²) in [6.45, 7) is 4.67. The van der Waals surface area contributed by atoms with E-state index >= 15 is 0 Å².